The Labute approximate surface area is 184 Å². The molecule has 1 aliphatic rings. The fourth-order valence-electron chi connectivity index (χ4n) is 3.79. The first-order valence-electron chi connectivity index (χ1n) is 10.0. The number of rotatable bonds is 5. The molecule has 29 heavy (non-hydrogen) atoms. The second kappa shape index (κ2) is 9.29. The van der Waals surface area contributed by atoms with Crippen LogP contribution < -0.4 is 11.1 Å². The van der Waals surface area contributed by atoms with Crippen molar-refractivity contribution in [3.8, 4) is 0 Å². The van der Waals surface area contributed by atoms with E-state index in [1.54, 1.807) is 0 Å². The smallest absolute Gasteiger partial charge is 0.0742 e. The predicted octanol–water partition coefficient (Wildman–Crippen LogP) is 3.77. The quantitative estimate of drug-likeness (QED) is 0.571. The number of nitrogens with one attached hydrogen (secondary N) is 1. The van der Waals surface area contributed by atoms with Gasteiger partial charge in [-0.25, -0.2) is 0 Å². The van der Waals surface area contributed by atoms with Crippen molar-refractivity contribution < 1.29 is 9.32 Å². The number of halogens is 1. The van der Waals surface area contributed by atoms with E-state index in [4.69, 9.17) is 5.73 Å². The van der Waals surface area contributed by atoms with Crippen molar-refractivity contribution in [2.75, 3.05) is 17.2 Å². The van der Waals surface area contributed by atoms with Crippen LogP contribution in [0.4, 0.5) is 5.69 Å². The molecule has 0 saturated carbocycles. The number of aliphatic hydroxyl groups excluding tert-OH is 1. The summed E-state index contributed by atoms with van der Waals surface area (Å²) in [5, 5.41) is 14.4. The molecule has 4 nitrogen and oxygen atoms in total. The molecule has 0 amide bonds. The van der Waals surface area contributed by atoms with Gasteiger partial charge in [0, 0.05) is 51.0 Å². The fraction of sp³-hybridized carbons (Fsp3) is 0.478. The van der Waals surface area contributed by atoms with Crippen molar-refractivity contribution in [3.05, 3.63) is 63.6 Å². The zero-order valence-electron chi connectivity index (χ0n) is 17.3. The molecule has 1 heterocycles. The summed E-state index contributed by atoms with van der Waals surface area (Å²) in [4.78, 5) is 0. The van der Waals surface area contributed by atoms with Gasteiger partial charge >= 0.3 is 0 Å². The highest BCUT2D eigenvalue weighted by molar-refractivity contribution is 9.10. The van der Waals surface area contributed by atoms with Crippen LogP contribution in [0.2, 0.25) is 0 Å². The number of anilines is 1. The molecule has 4 N–H and O–H groups in total. The molecule has 0 spiro atoms. The van der Waals surface area contributed by atoms with Gasteiger partial charge in [-0.05, 0) is 56.6 Å². The third-order valence-corrected chi connectivity index (χ3v) is 7.80. The maximum Gasteiger partial charge on any atom is 0.0742 e. The predicted molar refractivity (Wildman–Crippen MR) is 125 cm³/mol. The monoisotopic (exact) mass is 478 g/mol. The van der Waals surface area contributed by atoms with Gasteiger partial charge in [0.15, 0.2) is 0 Å². The Bertz CT molecular complexity index is 881. The molecule has 1 fully saturated rings. The Balaban J connectivity index is 1.66. The second-order valence-corrected chi connectivity index (χ2v) is 11.4. The Hall–Kier alpha value is -1.21. The van der Waals surface area contributed by atoms with Gasteiger partial charge in [-0.2, -0.15) is 0 Å². The van der Waals surface area contributed by atoms with E-state index in [-0.39, 0.29) is 17.4 Å². The Morgan fingerprint density at radius 2 is 1.93 bits per heavy atom. The van der Waals surface area contributed by atoms with E-state index in [1.807, 2.05) is 18.2 Å². The molecule has 158 valence electrons. The van der Waals surface area contributed by atoms with Crippen LogP contribution in [0.1, 0.15) is 37.5 Å². The first kappa shape index (κ1) is 22.5. The lowest BCUT2D eigenvalue weighted by Crippen LogP contribution is -2.53. The summed E-state index contributed by atoms with van der Waals surface area (Å²) < 4.78 is 13.3. The van der Waals surface area contributed by atoms with Crippen molar-refractivity contribution in [2.24, 2.45) is 5.92 Å². The van der Waals surface area contributed by atoms with Crippen LogP contribution in [0, 0.1) is 5.92 Å². The second-order valence-electron chi connectivity index (χ2n) is 9.02. The van der Waals surface area contributed by atoms with E-state index in [2.05, 4.69) is 66.3 Å². The number of benzene rings is 2. The van der Waals surface area contributed by atoms with Gasteiger partial charge in [-0.15, -0.1) is 0 Å². The zero-order valence-corrected chi connectivity index (χ0v) is 19.7. The van der Waals surface area contributed by atoms with Crippen LogP contribution in [0.15, 0.2) is 46.9 Å². The largest absolute Gasteiger partial charge is 0.398 e. The van der Waals surface area contributed by atoms with Gasteiger partial charge in [0.1, 0.15) is 0 Å². The highest BCUT2D eigenvalue weighted by atomic mass is 79.9. The summed E-state index contributed by atoms with van der Waals surface area (Å²) in [6, 6.07) is 14.2. The summed E-state index contributed by atoms with van der Waals surface area (Å²) in [6.45, 7) is 7.26. The molecule has 4 atom stereocenters. The average Bonchev–Trinajstić information content (AvgIpc) is 2.66. The van der Waals surface area contributed by atoms with E-state index in [0.29, 0.717) is 30.2 Å². The van der Waals surface area contributed by atoms with Crippen molar-refractivity contribution in [1.29, 1.82) is 0 Å². The summed E-state index contributed by atoms with van der Waals surface area (Å²) in [5.41, 5.74) is 10.2. The van der Waals surface area contributed by atoms with Gasteiger partial charge < -0.3 is 16.2 Å². The average molecular weight is 479 g/mol. The number of nitrogens with two attached hydrogens (primary N) is 1. The molecule has 1 unspecified atom stereocenters. The molecule has 0 radical (unpaired) electrons. The third-order valence-electron chi connectivity index (χ3n) is 5.58. The van der Waals surface area contributed by atoms with Gasteiger partial charge in [-0.1, -0.05) is 51.1 Å². The standard InChI is InChI=1S/C23H31BrN2O2S/c1-23(2,3)18-6-4-5-16(10-18)12-26-21-14-29(28)13-17(22(21)27)9-15-7-8-20(25)19(24)11-15/h4-8,10-11,17,21-22,26-27H,9,12-14,25H2,1-3H3/t17-,21+,22+,29?/m1/s1. The Kier molecular flexibility index (Phi) is 7.20. The van der Waals surface area contributed by atoms with Gasteiger partial charge in [-0.3, -0.25) is 4.21 Å². The SMILES string of the molecule is CC(C)(C)c1cccc(CN[C@H]2CS(=O)C[C@@H](Cc3ccc(N)c(Br)c3)[C@@H]2O)c1. The van der Waals surface area contributed by atoms with Crippen LogP contribution in [0.25, 0.3) is 0 Å². The summed E-state index contributed by atoms with van der Waals surface area (Å²) >= 11 is 3.46. The normalized spacial score (nSPS) is 25.1. The number of nitrogen functional groups attached to an aromatic ring is 1. The van der Waals surface area contributed by atoms with Crippen molar-refractivity contribution in [3.63, 3.8) is 0 Å². The third kappa shape index (κ3) is 5.91. The molecule has 0 aliphatic carbocycles. The van der Waals surface area contributed by atoms with E-state index >= 15 is 0 Å². The fourth-order valence-corrected chi connectivity index (χ4v) is 5.86. The minimum atomic E-state index is -0.940. The van der Waals surface area contributed by atoms with Crippen LogP contribution in [-0.4, -0.2) is 33.0 Å². The topological polar surface area (TPSA) is 75.4 Å². The number of aliphatic hydroxyl groups is 1. The van der Waals surface area contributed by atoms with Gasteiger partial charge in [0.2, 0.25) is 0 Å². The minimum Gasteiger partial charge on any atom is -0.398 e. The van der Waals surface area contributed by atoms with Crippen LogP contribution in [-0.2, 0) is 29.2 Å². The van der Waals surface area contributed by atoms with Gasteiger partial charge in [0.05, 0.1) is 6.10 Å². The summed E-state index contributed by atoms with van der Waals surface area (Å²) in [5.74, 6) is 0.974. The number of hydrogen-bond acceptors (Lipinski definition) is 4. The first-order valence-corrected chi connectivity index (χ1v) is 12.3. The van der Waals surface area contributed by atoms with Gasteiger partial charge in [0.25, 0.3) is 0 Å². The minimum absolute atomic E-state index is 0.0430. The maximum absolute atomic E-state index is 12.5. The lowest BCUT2D eigenvalue weighted by molar-refractivity contribution is 0.0795. The van der Waals surface area contributed by atoms with E-state index < -0.39 is 16.9 Å². The summed E-state index contributed by atoms with van der Waals surface area (Å²) in [7, 11) is -0.940. The highest BCUT2D eigenvalue weighted by Crippen LogP contribution is 2.27. The highest BCUT2D eigenvalue weighted by Gasteiger charge is 2.35. The molecular weight excluding hydrogens is 448 g/mol. The van der Waals surface area contributed by atoms with Crippen LogP contribution >= 0.6 is 15.9 Å². The lowest BCUT2D eigenvalue weighted by Gasteiger charge is -2.35. The molecule has 2 aromatic rings. The summed E-state index contributed by atoms with van der Waals surface area (Å²) in [6.07, 6.45) is 0.151. The van der Waals surface area contributed by atoms with Crippen molar-refractivity contribution in [2.45, 2.75) is 51.3 Å². The molecule has 2 aromatic carbocycles. The number of hydrogen-bond donors (Lipinski definition) is 3. The van der Waals surface area contributed by atoms with E-state index in [9.17, 15) is 9.32 Å². The van der Waals surface area contributed by atoms with Crippen molar-refractivity contribution >= 4 is 32.4 Å². The maximum atomic E-state index is 12.5. The van der Waals surface area contributed by atoms with E-state index in [1.165, 1.54) is 11.1 Å². The lowest BCUT2D eigenvalue weighted by atomic mass is 9.86. The molecular formula is C23H31BrN2O2S. The molecule has 0 aromatic heterocycles. The first-order chi connectivity index (χ1) is 13.6. The van der Waals surface area contributed by atoms with Crippen LogP contribution in [0.3, 0.4) is 0 Å². The zero-order chi connectivity index (χ0) is 21.2. The molecule has 6 heteroatoms. The van der Waals surface area contributed by atoms with E-state index in [0.717, 1.165) is 10.0 Å². The Morgan fingerprint density at radius 1 is 1.17 bits per heavy atom. The molecule has 1 aliphatic heterocycles. The molecule has 0 bridgehead atoms. The van der Waals surface area contributed by atoms with Crippen molar-refractivity contribution in [1.82, 2.24) is 5.32 Å². The molecule has 1 saturated heterocycles. The Morgan fingerprint density at radius 3 is 2.62 bits per heavy atom. The van der Waals surface area contributed by atoms with Crippen LogP contribution in [0.5, 0.6) is 0 Å². The molecule has 3 rings (SSSR count).